The number of ether oxygens (including phenoxy) is 2. The number of hydrogen-bond acceptors (Lipinski definition) is 6. The Morgan fingerprint density at radius 2 is 2.06 bits per heavy atom. The zero-order valence-electron chi connectivity index (χ0n) is 17.4. The van der Waals surface area contributed by atoms with Gasteiger partial charge in [-0.25, -0.2) is 0 Å². The number of benzene rings is 1. The van der Waals surface area contributed by atoms with Crippen molar-refractivity contribution in [1.82, 2.24) is 14.7 Å². The van der Waals surface area contributed by atoms with Gasteiger partial charge in [0.05, 0.1) is 5.02 Å². The molecule has 2 aromatic heterocycles. The van der Waals surface area contributed by atoms with Gasteiger partial charge in [0.1, 0.15) is 28.6 Å². The van der Waals surface area contributed by atoms with Crippen LogP contribution < -0.4 is 15.6 Å². The topological polar surface area (TPSA) is 106 Å². The maximum atomic E-state index is 13.1. The minimum atomic E-state index is -0.606. The van der Waals surface area contributed by atoms with Crippen LogP contribution in [0, 0.1) is 11.3 Å². The highest BCUT2D eigenvalue weighted by Gasteiger charge is 2.17. The lowest BCUT2D eigenvalue weighted by Gasteiger charge is -2.11. The summed E-state index contributed by atoms with van der Waals surface area (Å²) in [6, 6.07) is 13.6. The molecule has 0 spiro atoms. The van der Waals surface area contributed by atoms with Gasteiger partial charge >= 0.3 is 0 Å². The Balaban J connectivity index is 2.00. The van der Waals surface area contributed by atoms with Crippen molar-refractivity contribution in [3.63, 3.8) is 0 Å². The van der Waals surface area contributed by atoms with Gasteiger partial charge in [0.25, 0.3) is 11.5 Å². The van der Waals surface area contributed by atoms with E-state index in [9.17, 15) is 14.9 Å². The standard InChI is InChI=1S/C23H21ClN4O4/c1-2-31-13-7-11-26-21(29)16(15-25)14-17-22(32-19-9-4-3-8-18(19)24)27-20-10-5-6-12-28(20)23(17)30/h3-6,8-10,12,14H,2,7,11,13H2,1H3,(H,26,29)/b16-14+. The average molecular weight is 453 g/mol. The number of para-hydroxylation sites is 1. The third kappa shape index (κ3) is 5.52. The fourth-order valence-electron chi connectivity index (χ4n) is 2.82. The van der Waals surface area contributed by atoms with E-state index in [-0.39, 0.29) is 22.8 Å². The summed E-state index contributed by atoms with van der Waals surface area (Å²) in [7, 11) is 0. The monoisotopic (exact) mass is 452 g/mol. The first-order chi connectivity index (χ1) is 15.5. The van der Waals surface area contributed by atoms with Gasteiger partial charge in [0.2, 0.25) is 5.88 Å². The maximum absolute atomic E-state index is 13.1. The Bertz CT molecular complexity index is 1250. The fraction of sp³-hybridized carbons (Fsp3) is 0.217. The lowest BCUT2D eigenvalue weighted by atomic mass is 10.1. The second-order valence-electron chi connectivity index (χ2n) is 6.57. The predicted octanol–water partition coefficient (Wildman–Crippen LogP) is 3.59. The Morgan fingerprint density at radius 3 is 2.81 bits per heavy atom. The molecule has 2 heterocycles. The van der Waals surface area contributed by atoms with Crippen LogP contribution in [-0.2, 0) is 9.53 Å². The smallest absolute Gasteiger partial charge is 0.269 e. The number of amides is 1. The molecule has 1 aromatic carbocycles. The third-order valence-corrected chi connectivity index (χ3v) is 4.70. The summed E-state index contributed by atoms with van der Waals surface area (Å²) in [5.41, 5.74) is -0.444. The number of aromatic nitrogens is 2. The van der Waals surface area contributed by atoms with Gasteiger partial charge in [-0.05, 0) is 43.7 Å². The van der Waals surface area contributed by atoms with Gasteiger partial charge in [0.15, 0.2) is 0 Å². The van der Waals surface area contributed by atoms with Crippen molar-refractivity contribution in [3.05, 3.63) is 75.2 Å². The van der Waals surface area contributed by atoms with Crippen LogP contribution in [0.1, 0.15) is 18.9 Å². The molecule has 0 radical (unpaired) electrons. The molecule has 1 amide bonds. The SMILES string of the molecule is CCOCCCNC(=O)/C(C#N)=C/c1c(Oc2ccccc2Cl)nc2ccccn2c1=O. The van der Waals surface area contributed by atoms with Crippen LogP contribution >= 0.6 is 11.6 Å². The maximum Gasteiger partial charge on any atom is 0.269 e. The van der Waals surface area contributed by atoms with Crippen LogP contribution in [0.25, 0.3) is 11.7 Å². The molecule has 8 nitrogen and oxygen atoms in total. The highest BCUT2D eigenvalue weighted by Crippen LogP contribution is 2.29. The van der Waals surface area contributed by atoms with Gasteiger partial charge in [-0.1, -0.05) is 29.8 Å². The summed E-state index contributed by atoms with van der Waals surface area (Å²) in [6.07, 6.45) is 3.32. The van der Waals surface area contributed by atoms with Crippen LogP contribution in [0.2, 0.25) is 5.02 Å². The normalized spacial score (nSPS) is 11.2. The molecule has 3 rings (SSSR count). The molecule has 0 aliphatic heterocycles. The largest absolute Gasteiger partial charge is 0.437 e. The predicted molar refractivity (Wildman–Crippen MR) is 121 cm³/mol. The lowest BCUT2D eigenvalue weighted by Crippen LogP contribution is -2.27. The summed E-state index contributed by atoms with van der Waals surface area (Å²) < 4.78 is 12.4. The number of hydrogen-bond donors (Lipinski definition) is 1. The van der Waals surface area contributed by atoms with Crippen LogP contribution in [-0.4, -0.2) is 35.1 Å². The second kappa shape index (κ2) is 11.1. The highest BCUT2D eigenvalue weighted by atomic mass is 35.5. The molecule has 164 valence electrons. The van der Waals surface area contributed by atoms with E-state index in [0.717, 1.165) is 0 Å². The molecule has 0 aliphatic rings. The molecule has 0 saturated carbocycles. The van der Waals surface area contributed by atoms with E-state index in [2.05, 4.69) is 10.3 Å². The molecule has 9 heteroatoms. The van der Waals surface area contributed by atoms with Crippen molar-refractivity contribution in [2.24, 2.45) is 0 Å². The minimum Gasteiger partial charge on any atom is -0.437 e. The van der Waals surface area contributed by atoms with Crippen molar-refractivity contribution >= 4 is 29.2 Å². The van der Waals surface area contributed by atoms with E-state index in [1.807, 2.05) is 13.0 Å². The number of nitrogens with one attached hydrogen (secondary N) is 1. The van der Waals surface area contributed by atoms with Crippen molar-refractivity contribution in [3.8, 4) is 17.7 Å². The number of carbonyl (C=O) groups excluding carboxylic acids is 1. The summed E-state index contributed by atoms with van der Waals surface area (Å²) >= 11 is 6.18. The van der Waals surface area contributed by atoms with Crippen LogP contribution in [0.4, 0.5) is 0 Å². The first-order valence-electron chi connectivity index (χ1n) is 9.96. The first-order valence-corrected chi connectivity index (χ1v) is 10.3. The number of nitriles is 1. The summed E-state index contributed by atoms with van der Waals surface area (Å²) in [5, 5.41) is 12.5. The molecule has 0 saturated heterocycles. The van der Waals surface area contributed by atoms with Crippen LogP contribution in [0.15, 0.2) is 59.0 Å². The zero-order chi connectivity index (χ0) is 22.9. The van der Waals surface area contributed by atoms with Crippen molar-refractivity contribution in [1.29, 1.82) is 5.26 Å². The van der Waals surface area contributed by atoms with Gasteiger partial charge in [0, 0.05) is 26.0 Å². The van der Waals surface area contributed by atoms with E-state index >= 15 is 0 Å². The van der Waals surface area contributed by atoms with E-state index in [0.29, 0.717) is 36.8 Å². The number of carbonyl (C=O) groups is 1. The minimum absolute atomic E-state index is 0.0466. The third-order valence-electron chi connectivity index (χ3n) is 4.39. The summed E-state index contributed by atoms with van der Waals surface area (Å²) in [5.74, 6) is -0.383. The lowest BCUT2D eigenvalue weighted by molar-refractivity contribution is -0.117. The Morgan fingerprint density at radius 1 is 1.28 bits per heavy atom. The number of rotatable bonds is 9. The summed E-state index contributed by atoms with van der Waals surface area (Å²) in [6.45, 7) is 3.29. The second-order valence-corrected chi connectivity index (χ2v) is 6.98. The van der Waals surface area contributed by atoms with Crippen LogP contribution in [0.5, 0.6) is 11.6 Å². The average Bonchev–Trinajstić information content (AvgIpc) is 2.80. The molecule has 0 unspecified atom stereocenters. The molecule has 32 heavy (non-hydrogen) atoms. The van der Waals surface area contributed by atoms with E-state index in [1.54, 1.807) is 48.7 Å². The van der Waals surface area contributed by atoms with Gasteiger partial charge < -0.3 is 14.8 Å². The molecule has 0 atom stereocenters. The number of halogens is 1. The van der Waals surface area contributed by atoms with E-state index in [4.69, 9.17) is 21.1 Å². The van der Waals surface area contributed by atoms with Crippen molar-refractivity contribution in [2.45, 2.75) is 13.3 Å². The molecule has 0 aliphatic carbocycles. The summed E-state index contributed by atoms with van der Waals surface area (Å²) in [4.78, 5) is 30.0. The Hall–Kier alpha value is -3.67. The van der Waals surface area contributed by atoms with Crippen molar-refractivity contribution in [2.75, 3.05) is 19.8 Å². The molecule has 1 N–H and O–H groups in total. The Labute approximate surface area is 189 Å². The van der Waals surface area contributed by atoms with E-state index in [1.165, 1.54) is 10.5 Å². The van der Waals surface area contributed by atoms with Gasteiger partial charge in [-0.15, -0.1) is 0 Å². The first kappa shape index (κ1) is 23.0. The van der Waals surface area contributed by atoms with E-state index < -0.39 is 11.5 Å². The Kier molecular flexibility index (Phi) is 7.97. The molecular formula is C23H21ClN4O4. The van der Waals surface area contributed by atoms with Gasteiger partial charge in [-0.2, -0.15) is 10.2 Å². The fourth-order valence-corrected chi connectivity index (χ4v) is 3.00. The molecule has 0 fully saturated rings. The quantitative estimate of drug-likeness (QED) is 0.302. The molecule has 3 aromatic rings. The number of pyridine rings is 1. The number of fused-ring (bicyclic) bond motifs is 1. The zero-order valence-corrected chi connectivity index (χ0v) is 18.1. The van der Waals surface area contributed by atoms with Gasteiger partial charge in [-0.3, -0.25) is 14.0 Å². The van der Waals surface area contributed by atoms with Crippen molar-refractivity contribution < 1.29 is 14.3 Å². The molecule has 0 bridgehead atoms. The molecular weight excluding hydrogens is 432 g/mol. The van der Waals surface area contributed by atoms with Crippen LogP contribution in [0.3, 0.4) is 0 Å². The number of nitrogens with zero attached hydrogens (tertiary/aromatic N) is 3. The highest BCUT2D eigenvalue weighted by molar-refractivity contribution is 6.32.